The molecule has 2 bridgehead atoms. The van der Waals surface area contributed by atoms with Crippen LogP contribution in [-0.2, 0) is 9.59 Å². The smallest absolute Gasteiger partial charge is 0.318 e. The number of benzene rings is 1. The zero-order valence-electron chi connectivity index (χ0n) is 13.2. The molecule has 0 spiro atoms. The third-order valence-corrected chi connectivity index (χ3v) is 5.67. The highest BCUT2D eigenvalue weighted by Crippen LogP contribution is 2.65. The molecular formula is C18H16F2O4. The molecule has 24 heavy (non-hydrogen) atoms. The first-order chi connectivity index (χ1) is 11.1. The Morgan fingerprint density at radius 1 is 1.25 bits per heavy atom. The standard InChI is InChI=1S/C18H16F2O4/c1-17(2)10-6-7-18(17,16(23)24)15(22)9(10)8-13(21)14-11(19)4-3-5-12(14)20/h3-5,8,10H,6-7H2,1-2H3,(H,23,24)/b9-8-/t10?,18-/m1/s1. The van der Waals surface area contributed by atoms with Gasteiger partial charge in [-0.15, -0.1) is 0 Å². The van der Waals surface area contributed by atoms with Gasteiger partial charge in [0.05, 0.1) is 5.56 Å². The van der Waals surface area contributed by atoms with E-state index in [0.717, 1.165) is 24.3 Å². The Bertz CT molecular complexity index is 789. The minimum atomic E-state index is -1.57. The number of allylic oxidation sites excluding steroid dienone is 2. The van der Waals surface area contributed by atoms with Crippen LogP contribution in [-0.4, -0.2) is 22.6 Å². The van der Waals surface area contributed by atoms with E-state index in [1.807, 2.05) is 0 Å². The largest absolute Gasteiger partial charge is 0.480 e. The summed E-state index contributed by atoms with van der Waals surface area (Å²) in [5.74, 6) is -5.24. The molecule has 0 amide bonds. The van der Waals surface area contributed by atoms with E-state index in [-0.39, 0.29) is 12.0 Å². The Kier molecular flexibility index (Phi) is 3.48. The van der Waals surface area contributed by atoms with Gasteiger partial charge in [0.2, 0.25) is 0 Å². The summed E-state index contributed by atoms with van der Waals surface area (Å²) in [6.07, 6.45) is 1.57. The highest BCUT2D eigenvalue weighted by molar-refractivity contribution is 6.19. The number of ketones is 2. The maximum Gasteiger partial charge on any atom is 0.318 e. The molecule has 4 nitrogen and oxygen atoms in total. The average molecular weight is 334 g/mol. The van der Waals surface area contributed by atoms with Crippen LogP contribution in [0.15, 0.2) is 29.8 Å². The Morgan fingerprint density at radius 2 is 1.83 bits per heavy atom. The Hall–Kier alpha value is -2.37. The molecule has 0 aliphatic heterocycles. The summed E-state index contributed by atoms with van der Waals surface area (Å²) in [4.78, 5) is 36.8. The van der Waals surface area contributed by atoms with Crippen molar-refractivity contribution in [2.24, 2.45) is 16.7 Å². The van der Waals surface area contributed by atoms with Crippen LogP contribution in [0.1, 0.15) is 37.0 Å². The fourth-order valence-electron chi connectivity index (χ4n) is 4.29. The fourth-order valence-corrected chi connectivity index (χ4v) is 4.29. The SMILES string of the molecule is CC1(C)C2CC[C@]1(C(=O)O)C(=O)/C2=C\C(=O)c1c(F)cccc1F. The molecule has 0 radical (unpaired) electrons. The molecule has 2 fully saturated rings. The van der Waals surface area contributed by atoms with Crippen molar-refractivity contribution < 1.29 is 28.3 Å². The summed E-state index contributed by atoms with van der Waals surface area (Å²) in [6, 6.07) is 3.06. The third kappa shape index (κ3) is 1.85. The van der Waals surface area contributed by atoms with Gasteiger partial charge in [-0.05, 0) is 42.4 Å². The number of carboxylic acids is 1. The first kappa shape index (κ1) is 16.5. The van der Waals surface area contributed by atoms with Gasteiger partial charge in [-0.2, -0.15) is 0 Å². The molecule has 1 aromatic rings. The fraction of sp³-hybridized carbons (Fsp3) is 0.389. The van der Waals surface area contributed by atoms with Gasteiger partial charge < -0.3 is 5.11 Å². The number of hydrogen-bond acceptors (Lipinski definition) is 3. The maximum absolute atomic E-state index is 13.7. The molecule has 1 aromatic carbocycles. The molecule has 6 heteroatoms. The number of aliphatic carboxylic acids is 1. The summed E-state index contributed by atoms with van der Waals surface area (Å²) in [5, 5.41) is 9.60. The predicted molar refractivity (Wildman–Crippen MR) is 80.4 cm³/mol. The van der Waals surface area contributed by atoms with Gasteiger partial charge in [0.25, 0.3) is 0 Å². The lowest BCUT2D eigenvalue weighted by molar-refractivity contribution is -0.158. The Labute approximate surface area is 137 Å². The maximum atomic E-state index is 13.7. The number of carbonyl (C=O) groups excluding carboxylic acids is 2. The van der Waals surface area contributed by atoms with E-state index in [4.69, 9.17) is 0 Å². The lowest BCUT2D eigenvalue weighted by atomic mass is 9.69. The van der Waals surface area contributed by atoms with Crippen molar-refractivity contribution in [2.75, 3.05) is 0 Å². The monoisotopic (exact) mass is 334 g/mol. The highest BCUT2D eigenvalue weighted by Gasteiger charge is 2.70. The van der Waals surface area contributed by atoms with Crippen LogP contribution < -0.4 is 0 Å². The predicted octanol–water partition coefficient (Wildman–Crippen LogP) is 3.16. The van der Waals surface area contributed by atoms with Crippen molar-refractivity contribution in [3.63, 3.8) is 0 Å². The van der Waals surface area contributed by atoms with Gasteiger partial charge >= 0.3 is 5.97 Å². The summed E-state index contributed by atoms with van der Waals surface area (Å²) in [6.45, 7) is 3.37. The zero-order valence-corrected chi connectivity index (χ0v) is 13.2. The van der Waals surface area contributed by atoms with E-state index in [2.05, 4.69) is 0 Å². The van der Waals surface area contributed by atoms with Crippen LogP contribution in [0.4, 0.5) is 8.78 Å². The number of rotatable bonds is 3. The first-order valence-corrected chi connectivity index (χ1v) is 7.62. The summed E-state index contributed by atoms with van der Waals surface area (Å²) in [7, 11) is 0. The van der Waals surface area contributed by atoms with Crippen molar-refractivity contribution in [1.29, 1.82) is 0 Å². The molecule has 2 aliphatic rings. The molecule has 1 unspecified atom stereocenters. The van der Waals surface area contributed by atoms with Crippen LogP contribution in [0.3, 0.4) is 0 Å². The highest BCUT2D eigenvalue weighted by atomic mass is 19.1. The summed E-state index contributed by atoms with van der Waals surface area (Å²) >= 11 is 0. The van der Waals surface area contributed by atoms with E-state index in [1.54, 1.807) is 13.8 Å². The van der Waals surface area contributed by atoms with Crippen molar-refractivity contribution in [2.45, 2.75) is 26.7 Å². The van der Waals surface area contributed by atoms with Crippen molar-refractivity contribution in [3.8, 4) is 0 Å². The number of carboxylic acid groups (broad SMARTS) is 1. The second-order valence-corrected chi connectivity index (χ2v) is 6.91. The van der Waals surface area contributed by atoms with Gasteiger partial charge in [-0.3, -0.25) is 14.4 Å². The summed E-state index contributed by atoms with van der Waals surface area (Å²) in [5.41, 5.74) is -3.10. The van der Waals surface area contributed by atoms with Crippen LogP contribution in [0, 0.1) is 28.4 Å². The number of hydrogen-bond donors (Lipinski definition) is 1. The summed E-state index contributed by atoms with van der Waals surface area (Å²) < 4.78 is 27.5. The van der Waals surface area contributed by atoms with Crippen LogP contribution in [0.5, 0.6) is 0 Å². The van der Waals surface area contributed by atoms with Crippen molar-refractivity contribution in [3.05, 3.63) is 47.0 Å². The van der Waals surface area contributed by atoms with E-state index < -0.39 is 51.5 Å². The average Bonchev–Trinajstić information content (AvgIpc) is 2.83. The molecule has 126 valence electrons. The number of fused-ring (bicyclic) bond motifs is 2. The zero-order chi connectivity index (χ0) is 17.9. The molecule has 3 rings (SSSR count). The minimum Gasteiger partial charge on any atom is -0.480 e. The van der Waals surface area contributed by atoms with Gasteiger partial charge in [0.1, 0.15) is 17.0 Å². The van der Waals surface area contributed by atoms with E-state index in [0.29, 0.717) is 6.42 Å². The molecule has 0 saturated heterocycles. The second kappa shape index (κ2) is 5.06. The molecular weight excluding hydrogens is 318 g/mol. The van der Waals surface area contributed by atoms with E-state index >= 15 is 0 Å². The Morgan fingerprint density at radius 3 is 2.33 bits per heavy atom. The number of carbonyl (C=O) groups is 3. The quantitative estimate of drug-likeness (QED) is 0.524. The van der Waals surface area contributed by atoms with E-state index in [1.165, 1.54) is 0 Å². The lowest BCUT2D eigenvalue weighted by Gasteiger charge is -2.31. The lowest BCUT2D eigenvalue weighted by Crippen LogP contribution is -2.43. The Balaban J connectivity index is 2.09. The van der Waals surface area contributed by atoms with Gasteiger partial charge in [0.15, 0.2) is 11.6 Å². The molecule has 2 aliphatic carbocycles. The normalized spacial score (nSPS) is 29.2. The third-order valence-electron chi connectivity index (χ3n) is 5.67. The number of Topliss-reactive ketones (excluding diaryl/α,β-unsaturated/α-hetero) is 1. The van der Waals surface area contributed by atoms with Gasteiger partial charge in [0, 0.05) is 5.57 Å². The van der Waals surface area contributed by atoms with Crippen LogP contribution in [0.25, 0.3) is 0 Å². The molecule has 0 aromatic heterocycles. The second-order valence-electron chi connectivity index (χ2n) is 6.91. The molecule has 1 N–H and O–H groups in total. The number of halogens is 2. The van der Waals surface area contributed by atoms with Crippen LogP contribution >= 0.6 is 0 Å². The van der Waals surface area contributed by atoms with Gasteiger partial charge in [-0.1, -0.05) is 19.9 Å². The van der Waals surface area contributed by atoms with Crippen molar-refractivity contribution >= 4 is 17.5 Å². The van der Waals surface area contributed by atoms with Crippen LogP contribution in [0.2, 0.25) is 0 Å². The topological polar surface area (TPSA) is 71.4 Å². The minimum absolute atomic E-state index is 0.0568. The van der Waals surface area contributed by atoms with Crippen molar-refractivity contribution in [1.82, 2.24) is 0 Å². The molecule has 2 saturated carbocycles. The molecule has 2 atom stereocenters. The van der Waals surface area contributed by atoms with E-state index in [9.17, 15) is 28.3 Å². The van der Waals surface area contributed by atoms with Gasteiger partial charge in [-0.25, -0.2) is 8.78 Å². The first-order valence-electron chi connectivity index (χ1n) is 7.62. The molecule has 0 heterocycles.